The number of unbranched alkanes of at least 4 members (excludes halogenated alkanes) is 2. The highest BCUT2D eigenvalue weighted by Gasteiger charge is 2.37. The molecule has 48 heavy (non-hydrogen) atoms. The van der Waals surface area contributed by atoms with Crippen molar-refractivity contribution in [3.63, 3.8) is 0 Å². The number of Topliss-reactive ketones (excluding diaryl/α,β-unsaturated/α-hetero) is 1. The second-order valence-corrected chi connectivity index (χ2v) is 13.0. The van der Waals surface area contributed by atoms with Crippen LogP contribution in [0.2, 0.25) is 5.02 Å². The van der Waals surface area contributed by atoms with Crippen LogP contribution < -0.4 is 0 Å². The van der Waals surface area contributed by atoms with Crippen LogP contribution in [0.4, 0.5) is 5.69 Å². The summed E-state index contributed by atoms with van der Waals surface area (Å²) in [5.74, 6) is 0.387. The van der Waals surface area contributed by atoms with Crippen LogP contribution in [-0.2, 0) is 5.41 Å². The number of nitro benzene ring substituents is 1. The molecule has 0 spiro atoms. The molecular weight excluding hydrogens is 620 g/mol. The van der Waals surface area contributed by atoms with Gasteiger partial charge < -0.3 is 4.90 Å². The van der Waals surface area contributed by atoms with Crippen molar-refractivity contribution in [3.8, 4) is 22.6 Å². The molecule has 4 aromatic carbocycles. The summed E-state index contributed by atoms with van der Waals surface area (Å²) >= 11 is 6.09. The van der Waals surface area contributed by atoms with Gasteiger partial charge in [0.25, 0.3) is 5.69 Å². The van der Waals surface area contributed by atoms with Crippen molar-refractivity contribution in [3.05, 3.63) is 147 Å². The van der Waals surface area contributed by atoms with E-state index in [1.807, 2.05) is 12.1 Å². The van der Waals surface area contributed by atoms with Gasteiger partial charge in [0.1, 0.15) is 0 Å². The fraction of sp³-hybridized carbons (Fsp3) is 0.275. The van der Waals surface area contributed by atoms with E-state index in [-0.39, 0.29) is 16.9 Å². The van der Waals surface area contributed by atoms with Crippen LogP contribution >= 0.6 is 11.6 Å². The molecule has 0 bridgehead atoms. The zero-order valence-electron chi connectivity index (χ0n) is 27.1. The molecule has 5 aromatic rings. The lowest BCUT2D eigenvalue weighted by atomic mass is 9.68. The summed E-state index contributed by atoms with van der Waals surface area (Å²) in [7, 11) is 0. The molecule has 1 aliphatic heterocycles. The van der Waals surface area contributed by atoms with Crippen LogP contribution in [0.1, 0.15) is 65.7 Å². The minimum atomic E-state index is -0.440. The Morgan fingerprint density at radius 2 is 1.46 bits per heavy atom. The van der Waals surface area contributed by atoms with Crippen LogP contribution in [0.15, 0.2) is 109 Å². The lowest BCUT2D eigenvalue weighted by Gasteiger charge is -2.43. The quantitative estimate of drug-likeness (QED) is 0.0574. The van der Waals surface area contributed by atoms with Gasteiger partial charge in [-0.1, -0.05) is 90.8 Å². The van der Waals surface area contributed by atoms with Gasteiger partial charge in [0.2, 0.25) is 0 Å². The minimum Gasteiger partial charge on any atom is -0.303 e. The minimum absolute atomic E-state index is 0.0331. The molecule has 2 heterocycles. The average Bonchev–Trinajstić information content (AvgIpc) is 3.12. The second kappa shape index (κ2) is 15.0. The third-order valence-electron chi connectivity index (χ3n) is 9.54. The van der Waals surface area contributed by atoms with Gasteiger partial charge in [-0.25, -0.2) is 9.97 Å². The third-order valence-corrected chi connectivity index (χ3v) is 9.79. The first-order valence-corrected chi connectivity index (χ1v) is 17.0. The number of hydrogen-bond donors (Lipinski definition) is 0. The van der Waals surface area contributed by atoms with Gasteiger partial charge in [-0.2, -0.15) is 0 Å². The molecule has 1 aliphatic rings. The number of carbonyl (C=O) groups is 1. The molecule has 0 saturated carbocycles. The number of nitrogens with zero attached hydrogens (tertiary/aromatic N) is 4. The van der Waals surface area contributed by atoms with Crippen molar-refractivity contribution in [2.45, 2.75) is 50.9 Å². The molecule has 244 valence electrons. The Kier molecular flexibility index (Phi) is 10.4. The lowest BCUT2D eigenvalue weighted by Crippen LogP contribution is -2.43. The molecule has 1 aromatic heterocycles. The van der Waals surface area contributed by atoms with E-state index in [1.165, 1.54) is 23.3 Å². The first kappa shape index (κ1) is 33.2. The fourth-order valence-corrected chi connectivity index (χ4v) is 7.08. The number of rotatable bonds is 12. The number of aryl methyl sites for hydroxylation is 1. The smallest absolute Gasteiger partial charge is 0.270 e. The molecule has 6 rings (SSSR count). The highest BCUT2D eigenvalue weighted by atomic mass is 35.5. The van der Waals surface area contributed by atoms with E-state index < -0.39 is 4.92 Å². The highest BCUT2D eigenvalue weighted by Crippen LogP contribution is 2.41. The third kappa shape index (κ3) is 7.38. The van der Waals surface area contributed by atoms with Crippen LogP contribution in [-0.4, -0.2) is 45.2 Å². The number of benzene rings is 4. The molecule has 7 nitrogen and oxygen atoms in total. The van der Waals surface area contributed by atoms with E-state index in [4.69, 9.17) is 16.6 Å². The number of carbonyl (C=O) groups excluding carboxylic acids is 1. The van der Waals surface area contributed by atoms with Gasteiger partial charge in [0.05, 0.1) is 21.9 Å². The Hall–Kier alpha value is -4.72. The topological polar surface area (TPSA) is 89.2 Å². The van der Waals surface area contributed by atoms with Crippen LogP contribution in [0.5, 0.6) is 0 Å². The van der Waals surface area contributed by atoms with Gasteiger partial charge in [-0.3, -0.25) is 14.9 Å². The highest BCUT2D eigenvalue weighted by molar-refractivity contribution is 6.30. The number of non-ortho nitro benzene ring substituents is 1. The summed E-state index contributed by atoms with van der Waals surface area (Å²) in [6.07, 6.45) is 5.20. The summed E-state index contributed by atoms with van der Waals surface area (Å²) in [6, 6.07) is 35.2. The molecule has 0 amide bonds. The van der Waals surface area contributed by atoms with Crippen molar-refractivity contribution in [2.24, 2.45) is 0 Å². The number of nitro groups is 1. The molecule has 0 atom stereocenters. The summed E-state index contributed by atoms with van der Waals surface area (Å²) in [4.78, 5) is 36.9. The normalized spacial score (nSPS) is 14.5. The summed E-state index contributed by atoms with van der Waals surface area (Å²) in [5, 5.41) is 12.2. The molecule has 1 saturated heterocycles. The number of hydrogen-bond acceptors (Lipinski definition) is 6. The number of halogens is 1. The summed E-state index contributed by atoms with van der Waals surface area (Å²) < 4.78 is 0. The van der Waals surface area contributed by atoms with Gasteiger partial charge >= 0.3 is 0 Å². The van der Waals surface area contributed by atoms with Gasteiger partial charge in [0, 0.05) is 40.1 Å². The number of piperidine rings is 1. The first-order valence-electron chi connectivity index (χ1n) is 16.6. The molecule has 0 N–H and O–H groups in total. The Labute approximate surface area is 286 Å². The van der Waals surface area contributed by atoms with E-state index >= 15 is 0 Å². The van der Waals surface area contributed by atoms with E-state index in [0.29, 0.717) is 39.8 Å². The zero-order valence-corrected chi connectivity index (χ0v) is 27.9. The predicted molar refractivity (Wildman–Crippen MR) is 191 cm³/mol. The van der Waals surface area contributed by atoms with Crippen LogP contribution in [0, 0.1) is 17.0 Å². The fourth-order valence-electron chi connectivity index (χ4n) is 6.95. The summed E-state index contributed by atoms with van der Waals surface area (Å²) in [5.41, 5.74) is 5.39. The predicted octanol–water partition coefficient (Wildman–Crippen LogP) is 9.51. The van der Waals surface area contributed by atoms with Crippen molar-refractivity contribution < 1.29 is 9.72 Å². The number of ketones is 1. The lowest BCUT2D eigenvalue weighted by molar-refractivity contribution is -0.384. The van der Waals surface area contributed by atoms with E-state index in [2.05, 4.69) is 70.5 Å². The van der Waals surface area contributed by atoms with Gasteiger partial charge in [-0.15, -0.1) is 0 Å². The zero-order chi connectivity index (χ0) is 33.5. The Bertz CT molecular complexity index is 1830. The van der Waals surface area contributed by atoms with Crippen molar-refractivity contribution in [1.82, 2.24) is 14.9 Å². The van der Waals surface area contributed by atoms with E-state index in [0.717, 1.165) is 57.3 Å². The SMILES string of the molecule is Cc1nc(-c2ccc(Cl)cc2)nc(-c2cccc([N+](=O)[O-])c2)c1C(=O)CCCCCN1CCC(c2ccccc2)(c2ccccc2)CC1. The standard InChI is InChI=1S/C40H39ClN4O3/c1-29-37(38(31-12-11-17-35(28-31)45(47)48)43-39(42-29)30-19-21-34(41)22-20-30)36(46)18-9-4-10-25-44-26-23-40(24-27-44,32-13-5-2-6-14-32)33-15-7-3-8-16-33/h2-3,5-8,11-17,19-22,28H,4,9-10,18,23-27H2,1H3. The van der Waals surface area contributed by atoms with E-state index in [9.17, 15) is 14.9 Å². The van der Waals surface area contributed by atoms with Crippen molar-refractivity contribution >= 4 is 23.1 Å². The Balaban J connectivity index is 1.10. The van der Waals surface area contributed by atoms with Crippen LogP contribution in [0.25, 0.3) is 22.6 Å². The van der Waals surface area contributed by atoms with Gasteiger partial charge in [-0.05, 0) is 87.6 Å². The van der Waals surface area contributed by atoms with Crippen molar-refractivity contribution in [2.75, 3.05) is 19.6 Å². The molecular formula is C40H39ClN4O3. The van der Waals surface area contributed by atoms with Gasteiger partial charge in [0.15, 0.2) is 11.6 Å². The summed E-state index contributed by atoms with van der Waals surface area (Å²) in [6.45, 7) is 4.87. The van der Waals surface area contributed by atoms with Crippen LogP contribution in [0.3, 0.4) is 0 Å². The monoisotopic (exact) mass is 658 g/mol. The maximum absolute atomic E-state index is 13.7. The maximum Gasteiger partial charge on any atom is 0.270 e. The molecule has 0 unspecified atom stereocenters. The average molecular weight is 659 g/mol. The second-order valence-electron chi connectivity index (χ2n) is 12.6. The van der Waals surface area contributed by atoms with Crippen molar-refractivity contribution in [1.29, 1.82) is 0 Å². The Morgan fingerprint density at radius 1 is 0.812 bits per heavy atom. The first-order chi connectivity index (χ1) is 23.3. The largest absolute Gasteiger partial charge is 0.303 e. The maximum atomic E-state index is 13.7. The molecule has 0 radical (unpaired) electrons. The molecule has 8 heteroatoms. The molecule has 1 fully saturated rings. The number of aromatic nitrogens is 2. The van der Waals surface area contributed by atoms with E-state index in [1.54, 1.807) is 31.2 Å². The number of likely N-dealkylation sites (tertiary alicyclic amines) is 1. The Morgan fingerprint density at radius 3 is 2.08 bits per heavy atom. The molecule has 0 aliphatic carbocycles.